The predicted octanol–water partition coefficient (Wildman–Crippen LogP) is 1.03. The van der Waals surface area contributed by atoms with Gasteiger partial charge in [-0.15, -0.1) is 0 Å². The third-order valence-electron chi connectivity index (χ3n) is 2.81. The summed E-state index contributed by atoms with van der Waals surface area (Å²) >= 11 is 0. The van der Waals surface area contributed by atoms with Gasteiger partial charge in [-0.05, 0) is 24.6 Å². The van der Waals surface area contributed by atoms with Crippen molar-refractivity contribution >= 4 is 5.91 Å². The monoisotopic (exact) mass is 263 g/mol. The van der Waals surface area contributed by atoms with Gasteiger partial charge in [0.15, 0.2) is 5.76 Å². The lowest BCUT2D eigenvalue weighted by molar-refractivity contribution is 0.0885. The SMILES string of the molecule is CC[C@@H](CO)NC(=O)c1ccc(Cn2cccn2)o1. The number of hydrogen-bond acceptors (Lipinski definition) is 4. The molecule has 2 N–H and O–H groups in total. The van der Waals surface area contributed by atoms with Crippen LogP contribution in [0.4, 0.5) is 0 Å². The summed E-state index contributed by atoms with van der Waals surface area (Å²) < 4.78 is 7.17. The molecule has 19 heavy (non-hydrogen) atoms. The summed E-state index contributed by atoms with van der Waals surface area (Å²) in [7, 11) is 0. The first kappa shape index (κ1) is 13.4. The van der Waals surface area contributed by atoms with Crippen molar-refractivity contribution in [3.05, 3.63) is 42.1 Å². The molecule has 0 bridgehead atoms. The van der Waals surface area contributed by atoms with Crippen LogP contribution in [-0.4, -0.2) is 33.4 Å². The van der Waals surface area contributed by atoms with Crippen molar-refractivity contribution < 1.29 is 14.3 Å². The molecule has 0 spiro atoms. The summed E-state index contributed by atoms with van der Waals surface area (Å²) in [6, 6.07) is 4.95. The number of nitrogens with one attached hydrogen (secondary N) is 1. The van der Waals surface area contributed by atoms with Crippen molar-refractivity contribution in [3.63, 3.8) is 0 Å². The first-order chi connectivity index (χ1) is 9.22. The Hall–Kier alpha value is -2.08. The van der Waals surface area contributed by atoms with Gasteiger partial charge in [-0.3, -0.25) is 9.48 Å². The van der Waals surface area contributed by atoms with Gasteiger partial charge in [-0.2, -0.15) is 5.10 Å². The zero-order chi connectivity index (χ0) is 13.7. The average molecular weight is 263 g/mol. The third kappa shape index (κ3) is 3.45. The second kappa shape index (κ2) is 6.19. The minimum atomic E-state index is -0.312. The first-order valence-electron chi connectivity index (χ1n) is 6.20. The summed E-state index contributed by atoms with van der Waals surface area (Å²) in [6.45, 7) is 2.30. The van der Waals surface area contributed by atoms with E-state index in [1.807, 2.05) is 19.2 Å². The van der Waals surface area contributed by atoms with Crippen molar-refractivity contribution in [2.24, 2.45) is 0 Å². The van der Waals surface area contributed by atoms with Crippen molar-refractivity contribution in [2.75, 3.05) is 6.61 Å². The van der Waals surface area contributed by atoms with E-state index in [-0.39, 0.29) is 24.3 Å². The highest BCUT2D eigenvalue weighted by Crippen LogP contribution is 2.09. The topological polar surface area (TPSA) is 80.3 Å². The Labute approximate surface area is 111 Å². The summed E-state index contributed by atoms with van der Waals surface area (Å²) in [5, 5.41) is 15.8. The number of aliphatic hydroxyl groups excluding tert-OH is 1. The van der Waals surface area contributed by atoms with E-state index in [1.54, 1.807) is 23.0 Å². The van der Waals surface area contributed by atoms with Crippen molar-refractivity contribution in [1.29, 1.82) is 0 Å². The molecule has 0 aromatic carbocycles. The molecule has 6 heteroatoms. The van der Waals surface area contributed by atoms with Crippen LogP contribution in [0.1, 0.15) is 29.7 Å². The minimum Gasteiger partial charge on any atom is -0.454 e. The van der Waals surface area contributed by atoms with E-state index in [4.69, 9.17) is 9.52 Å². The third-order valence-corrected chi connectivity index (χ3v) is 2.81. The fraction of sp³-hybridized carbons (Fsp3) is 0.385. The van der Waals surface area contributed by atoms with E-state index in [1.165, 1.54) is 0 Å². The number of carbonyl (C=O) groups excluding carboxylic acids is 1. The lowest BCUT2D eigenvalue weighted by Gasteiger charge is -2.12. The van der Waals surface area contributed by atoms with E-state index in [9.17, 15) is 4.79 Å². The van der Waals surface area contributed by atoms with Gasteiger partial charge in [0.2, 0.25) is 0 Å². The van der Waals surface area contributed by atoms with Crippen LogP contribution in [0.5, 0.6) is 0 Å². The Morgan fingerprint density at radius 3 is 3.05 bits per heavy atom. The van der Waals surface area contributed by atoms with Crippen molar-refractivity contribution in [1.82, 2.24) is 15.1 Å². The number of amides is 1. The van der Waals surface area contributed by atoms with Gasteiger partial charge < -0.3 is 14.8 Å². The molecule has 102 valence electrons. The molecule has 0 fully saturated rings. The Morgan fingerprint density at radius 1 is 1.58 bits per heavy atom. The summed E-state index contributed by atoms with van der Waals surface area (Å²) in [5.74, 6) is 0.590. The van der Waals surface area contributed by atoms with E-state index in [0.717, 1.165) is 0 Å². The van der Waals surface area contributed by atoms with E-state index >= 15 is 0 Å². The highest BCUT2D eigenvalue weighted by Gasteiger charge is 2.15. The molecule has 2 aromatic heterocycles. The van der Waals surface area contributed by atoms with Gasteiger partial charge in [0, 0.05) is 12.4 Å². The molecule has 2 heterocycles. The molecule has 0 aliphatic rings. The van der Waals surface area contributed by atoms with Gasteiger partial charge in [0.05, 0.1) is 19.2 Å². The molecule has 0 unspecified atom stereocenters. The normalized spacial score (nSPS) is 12.3. The van der Waals surface area contributed by atoms with Crippen LogP contribution < -0.4 is 5.32 Å². The molecule has 0 aliphatic carbocycles. The smallest absolute Gasteiger partial charge is 0.287 e. The van der Waals surface area contributed by atoms with E-state index in [2.05, 4.69) is 10.4 Å². The fourth-order valence-electron chi connectivity index (χ4n) is 1.67. The Morgan fingerprint density at radius 2 is 2.42 bits per heavy atom. The highest BCUT2D eigenvalue weighted by atomic mass is 16.4. The number of rotatable bonds is 6. The van der Waals surface area contributed by atoms with Crippen LogP contribution in [0.2, 0.25) is 0 Å². The van der Waals surface area contributed by atoms with Crippen LogP contribution in [0.25, 0.3) is 0 Å². The molecule has 1 atom stereocenters. The summed E-state index contributed by atoms with van der Waals surface area (Å²) in [5.41, 5.74) is 0. The van der Waals surface area contributed by atoms with Crippen LogP contribution in [0, 0.1) is 0 Å². The Kier molecular flexibility index (Phi) is 4.35. The predicted molar refractivity (Wildman–Crippen MR) is 68.7 cm³/mol. The first-order valence-corrected chi connectivity index (χ1v) is 6.20. The van der Waals surface area contributed by atoms with E-state index in [0.29, 0.717) is 18.7 Å². The van der Waals surface area contributed by atoms with Crippen molar-refractivity contribution in [2.45, 2.75) is 25.9 Å². The number of aromatic nitrogens is 2. The molecular formula is C13H17N3O3. The Balaban J connectivity index is 1.98. The minimum absolute atomic E-state index is 0.0803. The van der Waals surface area contributed by atoms with E-state index < -0.39 is 0 Å². The number of furan rings is 1. The average Bonchev–Trinajstić information content (AvgIpc) is 3.07. The molecule has 2 aromatic rings. The Bertz CT molecular complexity index is 515. The van der Waals surface area contributed by atoms with Crippen LogP contribution >= 0.6 is 0 Å². The second-order valence-electron chi connectivity index (χ2n) is 4.23. The summed E-state index contributed by atoms with van der Waals surface area (Å²) in [4.78, 5) is 11.9. The van der Waals surface area contributed by atoms with Crippen LogP contribution in [-0.2, 0) is 6.54 Å². The molecule has 0 saturated heterocycles. The van der Waals surface area contributed by atoms with Crippen LogP contribution in [0.15, 0.2) is 35.0 Å². The number of nitrogens with zero attached hydrogens (tertiary/aromatic N) is 2. The lowest BCUT2D eigenvalue weighted by atomic mass is 10.2. The number of carbonyl (C=O) groups is 1. The quantitative estimate of drug-likeness (QED) is 0.815. The van der Waals surface area contributed by atoms with Gasteiger partial charge in [-0.1, -0.05) is 6.92 Å². The van der Waals surface area contributed by atoms with Gasteiger partial charge in [0.1, 0.15) is 5.76 Å². The van der Waals surface area contributed by atoms with Crippen molar-refractivity contribution in [3.8, 4) is 0 Å². The maximum Gasteiger partial charge on any atom is 0.287 e. The van der Waals surface area contributed by atoms with Gasteiger partial charge in [0.25, 0.3) is 5.91 Å². The van der Waals surface area contributed by atoms with Gasteiger partial charge >= 0.3 is 0 Å². The molecule has 0 radical (unpaired) electrons. The molecular weight excluding hydrogens is 246 g/mol. The standard InChI is InChI=1S/C13H17N3O3/c1-2-10(9-17)15-13(18)12-5-4-11(19-12)8-16-7-3-6-14-16/h3-7,10,17H,2,8-9H2,1H3,(H,15,18)/t10-/m0/s1. The van der Waals surface area contributed by atoms with Crippen LogP contribution in [0.3, 0.4) is 0 Å². The maximum atomic E-state index is 11.9. The second-order valence-corrected chi connectivity index (χ2v) is 4.23. The zero-order valence-electron chi connectivity index (χ0n) is 10.7. The number of hydrogen-bond donors (Lipinski definition) is 2. The largest absolute Gasteiger partial charge is 0.454 e. The fourth-order valence-corrected chi connectivity index (χ4v) is 1.67. The number of aliphatic hydroxyl groups is 1. The molecule has 0 saturated carbocycles. The maximum absolute atomic E-state index is 11.9. The molecule has 2 rings (SSSR count). The highest BCUT2D eigenvalue weighted by molar-refractivity contribution is 5.91. The van der Waals surface area contributed by atoms with Gasteiger partial charge in [-0.25, -0.2) is 0 Å². The molecule has 6 nitrogen and oxygen atoms in total. The zero-order valence-corrected chi connectivity index (χ0v) is 10.7. The lowest BCUT2D eigenvalue weighted by Crippen LogP contribution is -2.36. The summed E-state index contributed by atoms with van der Waals surface area (Å²) in [6.07, 6.45) is 4.17. The molecule has 0 aliphatic heterocycles. The molecule has 1 amide bonds.